The summed E-state index contributed by atoms with van der Waals surface area (Å²) in [5, 5.41) is 0. The van der Waals surface area contributed by atoms with E-state index in [0.29, 0.717) is 0 Å². The molecule has 9 aromatic rings. The van der Waals surface area contributed by atoms with E-state index in [4.69, 9.17) is 0 Å². The fraction of sp³-hybridized carbons (Fsp3) is 0.239. The van der Waals surface area contributed by atoms with Gasteiger partial charge >= 0.3 is 0 Å². The molecular weight excluding hydrogens is 881 g/mol. The van der Waals surface area contributed by atoms with Gasteiger partial charge in [-0.25, -0.2) is 0 Å². The lowest BCUT2D eigenvalue weighted by atomic mass is 9.73. The maximum Gasteiger partial charge on any atom is 0.0491 e. The third-order valence-corrected chi connectivity index (χ3v) is 18.4. The van der Waals surface area contributed by atoms with E-state index in [1.165, 1.54) is 117 Å². The first-order chi connectivity index (χ1) is 35.7. The molecular formula is C71H68N2. The lowest BCUT2D eigenvalue weighted by Crippen LogP contribution is -2.24. The van der Waals surface area contributed by atoms with Gasteiger partial charge in [-0.1, -0.05) is 163 Å². The van der Waals surface area contributed by atoms with Gasteiger partial charge in [-0.15, -0.1) is 0 Å². The summed E-state index contributed by atoms with van der Waals surface area (Å²) < 4.78 is 0. The first-order valence-electron chi connectivity index (χ1n) is 27.3. The molecule has 3 aliphatic rings. The monoisotopic (exact) mass is 949 g/mol. The zero-order valence-electron chi connectivity index (χ0n) is 44.1. The van der Waals surface area contributed by atoms with Crippen LogP contribution in [0.4, 0.5) is 34.1 Å². The minimum Gasteiger partial charge on any atom is -0.310 e. The van der Waals surface area contributed by atoms with E-state index in [0.717, 1.165) is 44.2 Å². The fourth-order valence-electron chi connectivity index (χ4n) is 14.4. The molecule has 2 nitrogen and oxygen atoms in total. The number of aryl methyl sites for hydroxylation is 2. The highest BCUT2D eigenvalue weighted by molar-refractivity contribution is 5.91. The Balaban J connectivity index is 0.964. The van der Waals surface area contributed by atoms with E-state index >= 15 is 0 Å². The summed E-state index contributed by atoms with van der Waals surface area (Å²) in [6.07, 6.45) is 6.34. The van der Waals surface area contributed by atoms with Gasteiger partial charge in [-0.3, -0.25) is 0 Å². The summed E-state index contributed by atoms with van der Waals surface area (Å²) in [5.74, 6) is 0. The second-order valence-corrected chi connectivity index (χ2v) is 21.2. The van der Waals surface area contributed by atoms with Crippen LogP contribution in [-0.4, -0.2) is 0 Å². The van der Waals surface area contributed by atoms with E-state index in [-0.39, 0.29) is 16.2 Å². The van der Waals surface area contributed by atoms with E-state index in [2.05, 4.69) is 259 Å². The van der Waals surface area contributed by atoms with Crippen molar-refractivity contribution in [3.05, 3.63) is 239 Å². The molecule has 0 unspecified atom stereocenters. The molecule has 0 amide bonds. The van der Waals surface area contributed by atoms with Crippen molar-refractivity contribution in [2.75, 3.05) is 9.80 Å². The molecule has 0 saturated heterocycles. The molecule has 0 aliphatic heterocycles. The molecule has 9 aromatic carbocycles. The lowest BCUT2D eigenvalue weighted by molar-refractivity contribution is 0.490. The fourth-order valence-corrected chi connectivity index (χ4v) is 14.4. The Hall–Kier alpha value is -7.42. The number of fused-ring (bicyclic) bond motifs is 9. The van der Waals surface area contributed by atoms with Crippen molar-refractivity contribution >= 4 is 34.1 Å². The summed E-state index contributed by atoms with van der Waals surface area (Å²) >= 11 is 0. The molecule has 3 aliphatic carbocycles. The molecule has 0 aromatic heterocycles. The van der Waals surface area contributed by atoms with Gasteiger partial charge in [0.25, 0.3) is 0 Å². The van der Waals surface area contributed by atoms with Gasteiger partial charge < -0.3 is 9.80 Å². The van der Waals surface area contributed by atoms with Crippen molar-refractivity contribution < 1.29 is 0 Å². The van der Waals surface area contributed by atoms with Crippen molar-refractivity contribution in [1.29, 1.82) is 0 Å². The molecule has 0 fully saturated rings. The molecule has 0 heterocycles. The summed E-state index contributed by atoms with van der Waals surface area (Å²) in [4.78, 5) is 5.03. The maximum atomic E-state index is 2.56. The number of hydrogen-bond acceptors (Lipinski definition) is 2. The number of nitrogens with zero attached hydrogens (tertiary/aromatic N) is 2. The van der Waals surface area contributed by atoms with Crippen LogP contribution in [0.15, 0.2) is 194 Å². The van der Waals surface area contributed by atoms with E-state index < -0.39 is 0 Å². The van der Waals surface area contributed by atoms with Gasteiger partial charge in [0.05, 0.1) is 0 Å². The highest BCUT2D eigenvalue weighted by Crippen LogP contribution is 2.58. The summed E-state index contributed by atoms with van der Waals surface area (Å²) in [7, 11) is 0. The van der Waals surface area contributed by atoms with E-state index in [9.17, 15) is 0 Å². The van der Waals surface area contributed by atoms with E-state index in [1.54, 1.807) is 0 Å². The molecule has 0 spiro atoms. The first kappa shape index (κ1) is 46.6. The van der Waals surface area contributed by atoms with Crippen molar-refractivity contribution in [1.82, 2.24) is 0 Å². The Labute approximate surface area is 435 Å². The molecule has 0 atom stereocenters. The molecule has 12 rings (SSSR count). The van der Waals surface area contributed by atoms with Crippen LogP contribution in [0.5, 0.6) is 0 Å². The predicted molar refractivity (Wildman–Crippen MR) is 311 cm³/mol. The molecule has 73 heavy (non-hydrogen) atoms. The standard InChI is InChI=1S/C71H68N2/c1-9-69(10-2)61-29-21-18-26-55(61)58-37-34-52(44-64(58)69)72(51-24-16-15-17-25-51)67-40-32-49(42-47(67)7)50-33-41-68(48(8)43-50)73(53-35-38-59-56-27-19-22-30-62(56)70(11-3,12-4)65(59)45-53)54-36-39-60-57-28-20-23-31-63(57)71(13-5,14-6)66(60)46-54/h15-46H,9-14H2,1-8H3. The zero-order valence-corrected chi connectivity index (χ0v) is 44.1. The lowest BCUT2D eigenvalue weighted by Gasteiger charge is -2.33. The van der Waals surface area contributed by atoms with Crippen LogP contribution in [0, 0.1) is 13.8 Å². The molecule has 0 N–H and O–H groups in total. The average molecular weight is 949 g/mol. The number of para-hydroxylation sites is 1. The SMILES string of the molecule is CCC1(CC)c2ccccc2-c2ccc(N(c3ccccc3)c3ccc(-c4ccc(N(c5ccc6c(c5)C(CC)(CC)c5ccccc5-6)c5ccc6c(c5)C(CC)(CC)c5ccccc5-6)c(C)c4)cc3C)cc21. The van der Waals surface area contributed by atoms with Crippen molar-refractivity contribution in [2.45, 2.75) is 110 Å². The number of benzene rings is 9. The number of hydrogen-bond donors (Lipinski definition) is 0. The second-order valence-electron chi connectivity index (χ2n) is 21.2. The maximum absolute atomic E-state index is 2.56. The molecule has 362 valence electrons. The average Bonchev–Trinajstić information content (AvgIpc) is 4.01. The first-order valence-corrected chi connectivity index (χ1v) is 27.3. The topological polar surface area (TPSA) is 6.48 Å². The minimum absolute atomic E-state index is 0.00715. The van der Waals surface area contributed by atoms with Crippen LogP contribution < -0.4 is 9.80 Å². The van der Waals surface area contributed by atoms with Gasteiger partial charge in [-0.05, 0) is 214 Å². The Bertz CT molecular complexity index is 3470. The second kappa shape index (κ2) is 18.0. The molecule has 0 saturated carbocycles. The van der Waals surface area contributed by atoms with Crippen molar-refractivity contribution in [3.63, 3.8) is 0 Å². The normalized spacial score (nSPS) is 14.7. The van der Waals surface area contributed by atoms with Crippen LogP contribution >= 0.6 is 0 Å². The van der Waals surface area contributed by atoms with Crippen LogP contribution in [0.3, 0.4) is 0 Å². The zero-order chi connectivity index (χ0) is 50.2. The minimum atomic E-state index is -0.0340. The summed E-state index contributed by atoms with van der Waals surface area (Å²) in [5.41, 5.74) is 28.9. The Morgan fingerprint density at radius 1 is 0.274 bits per heavy atom. The third kappa shape index (κ3) is 6.82. The van der Waals surface area contributed by atoms with Crippen molar-refractivity contribution in [3.8, 4) is 44.5 Å². The Morgan fingerprint density at radius 2 is 0.575 bits per heavy atom. The predicted octanol–water partition coefficient (Wildman–Crippen LogP) is 20.2. The van der Waals surface area contributed by atoms with Crippen LogP contribution in [0.25, 0.3) is 44.5 Å². The third-order valence-electron chi connectivity index (χ3n) is 18.4. The van der Waals surface area contributed by atoms with Crippen molar-refractivity contribution in [2.24, 2.45) is 0 Å². The van der Waals surface area contributed by atoms with Gasteiger partial charge in [0.1, 0.15) is 0 Å². The summed E-state index contributed by atoms with van der Waals surface area (Å²) in [6.45, 7) is 18.8. The quantitative estimate of drug-likeness (QED) is 0.114. The van der Waals surface area contributed by atoms with Crippen LogP contribution in [0.2, 0.25) is 0 Å². The van der Waals surface area contributed by atoms with Gasteiger partial charge in [0.15, 0.2) is 0 Å². The van der Waals surface area contributed by atoms with E-state index in [1.807, 2.05) is 0 Å². The highest BCUT2D eigenvalue weighted by atomic mass is 15.2. The summed E-state index contributed by atoms with van der Waals surface area (Å²) in [6, 6.07) is 74.3. The molecule has 2 heteroatoms. The number of rotatable bonds is 13. The molecule has 0 radical (unpaired) electrons. The molecule has 0 bridgehead atoms. The number of anilines is 6. The van der Waals surface area contributed by atoms with Crippen LogP contribution in [-0.2, 0) is 16.2 Å². The smallest absolute Gasteiger partial charge is 0.0491 e. The van der Waals surface area contributed by atoms with Gasteiger partial charge in [-0.2, -0.15) is 0 Å². The highest BCUT2D eigenvalue weighted by Gasteiger charge is 2.44. The van der Waals surface area contributed by atoms with Gasteiger partial charge in [0, 0.05) is 50.4 Å². The Kier molecular flexibility index (Phi) is 11.5. The van der Waals surface area contributed by atoms with Gasteiger partial charge in [0.2, 0.25) is 0 Å². The Morgan fingerprint density at radius 3 is 0.904 bits per heavy atom. The largest absolute Gasteiger partial charge is 0.310 e. The van der Waals surface area contributed by atoms with Crippen LogP contribution in [0.1, 0.15) is 125 Å².